The first kappa shape index (κ1) is 10.5. The molecule has 1 aromatic rings. The minimum absolute atomic E-state index is 0.796. The van der Waals surface area contributed by atoms with E-state index in [1.807, 2.05) is 0 Å². The van der Waals surface area contributed by atoms with Gasteiger partial charge >= 0.3 is 0 Å². The van der Waals surface area contributed by atoms with Crippen molar-refractivity contribution in [1.82, 2.24) is 0 Å². The van der Waals surface area contributed by atoms with Crippen molar-refractivity contribution in [3.05, 3.63) is 29.3 Å². The first-order valence-corrected chi connectivity index (χ1v) is 6.02. The SMILES string of the molecule is CCCC1CCCc2cc(OC)ccc21. The maximum Gasteiger partial charge on any atom is 0.119 e. The monoisotopic (exact) mass is 204 g/mol. The third-order valence-corrected chi connectivity index (χ3v) is 3.43. The maximum absolute atomic E-state index is 5.28. The summed E-state index contributed by atoms with van der Waals surface area (Å²) in [5.74, 6) is 1.80. The zero-order valence-electron chi connectivity index (χ0n) is 9.75. The van der Waals surface area contributed by atoms with Crippen LogP contribution in [0.15, 0.2) is 18.2 Å². The van der Waals surface area contributed by atoms with E-state index in [9.17, 15) is 0 Å². The Morgan fingerprint density at radius 3 is 3.00 bits per heavy atom. The fourth-order valence-corrected chi connectivity index (χ4v) is 2.67. The summed E-state index contributed by atoms with van der Waals surface area (Å²) in [7, 11) is 1.74. The highest BCUT2D eigenvalue weighted by Crippen LogP contribution is 2.36. The van der Waals surface area contributed by atoms with Gasteiger partial charge in [0.25, 0.3) is 0 Å². The van der Waals surface area contributed by atoms with E-state index in [2.05, 4.69) is 25.1 Å². The zero-order valence-corrected chi connectivity index (χ0v) is 9.75. The molecule has 1 aliphatic carbocycles. The van der Waals surface area contributed by atoms with Gasteiger partial charge < -0.3 is 4.74 Å². The van der Waals surface area contributed by atoms with Crippen LogP contribution >= 0.6 is 0 Å². The quantitative estimate of drug-likeness (QED) is 0.725. The number of fused-ring (bicyclic) bond motifs is 1. The largest absolute Gasteiger partial charge is 0.497 e. The van der Waals surface area contributed by atoms with E-state index in [0.717, 1.165) is 11.7 Å². The van der Waals surface area contributed by atoms with Crippen LogP contribution in [0.5, 0.6) is 5.75 Å². The molecule has 0 spiro atoms. The van der Waals surface area contributed by atoms with Gasteiger partial charge in [-0.3, -0.25) is 0 Å². The van der Waals surface area contributed by atoms with Gasteiger partial charge in [-0.05, 0) is 54.9 Å². The second-order valence-corrected chi connectivity index (χ2v) is 4.44. The van der Waals surface area contributed by atoms with Gasteiger partial charge in [0.2, 0.25) is 0 Å². The van der Waals surface area contributed by atoms with Crippen molar-refractivity contribution < 1.29 is 4.74 Å². The minimum Gasteiger partial charge on any atom is -0.497 e. The molecular weight excluding hydrogens is 184 g/mol. The van der Waals surface area contributed by atoms with E-state index >= 15 is 0 Å². The summed E-state index contributed by atoms with van der Waals surface area (Å²) in [6, 6.07) is 6.59. The van der Waals surface area contributed by atoms with Gasteiger partial charge in [0.15, 0.2) is 0 Å². The lowest BCUT2D eigenvalue weighted by molar-refractivity contribution is 0.412. The predicted octanol–water partition coefficient (Wildman–Crippen LogP) is 3.92. The van der Waals surface area contributed by atoms with Crippen molar-refractivity contribution in [2.75, 3.05) is 7.11 Å². The number of aryl methyl sites for hydroxylation is 1. The summed E-state index contributed by atoms with van der Waals surface area (Å²) >= 11 is 0. The Hall–Kier alpha value is -0.980. The average molecular weight is 204 g/mol. The second kappa shape index (κ2) is 4.69. The molecule has 2 rings (SSSR count). The third kappa shape index (κ3) is 2.17. The number of rotatable bonds is 3. The fraction of sp³-hybridized carbons (Fsp3) is 0.571. The summed E-state index contributed by atoms with van der Waals surface area (Å²) in [4.78, 5) is 0. The highest BCUT2D eigenvalue weighted by molar-refractivity contribution is 5.39. The first-order chi connectivity index (χ1) is 7.35. The van der Waals surface area contributed by atoms with E-state index in [-0.39, 0.29) is 0 Å². The van der Waals surface area contributed by atoms with Gasteiger partial charge in [-0.15, -0.1) is 0 Å². The molecule has 0 bridgehead atoms. The van der Waals surface area contributed by atoms with Crippen molar-refractivity contribution in [2.24, 2.45) is 0 Å². The van der Waals surface area contributed by atoms with Crippen molar-refractivity contribution in [3.8, 4) is 5.75 Å². The molecule has 0 aromatic heterocycles. The molecule has 15 heavy (non-hydrogen) atoms. The number of ether oxygens (including phenoxy) is 1. The van der Waals surface area contributed by atoms with Crippen molar-refractivity contribution >= 4 is 0 Å². The van der Waals surface area contributed by atoms with Gasteiger partial charge in [-0.2, -0.15) is 0 Å². The lowest BCUT2D eigenvalue weighted by Gasteiger charge is -2.25. The van der Waals surface area contributed by atoms with Crippen LogP contribution in [0.4, 0.5) is 0 Å². The molecule has 1 heteroatoms. The lowest BCUT2D eigenvalue weighted by Crippen LogP contribution is -2.09. The average Bonchev–Trinajstić information content (AvgIpc) is 2.29. The standard InChI is InChI=1S/C14H20O/c1-3-5-11-6-4-7-12-10-13(15-2)8-9-14(11)12/h8-11H,3-7H2,1-2H3. The molecule has 1 aromatic carbocycles. The zero-order chi connectivity index (χ0) is 10.7. The van der Waals surface area contributed by atoms with Crippen molar-refractivity contribution in [1.29, 1.82) is 0 Å². The van der Waals surface area contributed by atoms with E-state index in [1.165, 1.54) is 37.7 Å². The van der Waals surface area contributed by atoms with Crippen LogP contribution < -0.4 is 4.74 Å². The highest BCUT2D eigenvalue weighted by atomic mass is 16.5. The molecule has 1 aliphatic rings. The Morgan fingerprint density at radius 2 is 2.27 bits per heavy atom. The lowest BCUT2D eigenvalue weighted by atomic mass is 9.80. The Kier molecular flexibility index (Phi) is 3.30. The summed E-state index contributed by atoms with van der Waals surface area (Å²) in [5, 5.41) is 0. The van der Waals surface area contributed by atoms with Crippen molar-refractivity contribution in [2.45, 2.75) is 44.9 Å². The molecule has 0 aliphatic heterocycles. The van der Waals surface area contributed by atoms with E-state index in [4.69, 9.17) is 4.74 Å². The number of hydrogen-bond donors (Lipinski definition) is 0. The molecule has 0 saturated carbocycles. The molecule has 82 valence electrons. The van der Waals surface area contributed by atoms with Crippen LogP contribution in [-0.4, -0.2) is 7.11 Å². The Bertz CT molecular complexity index is 330. The molecule has 1 atom stereocenters. The summed E-state index contributed by atoms with van der Waals surface area (Å²) in [6.45, 7) is 2.28. The molecule has 1 unspecified atom stereocenters. The maximum atomic E-state index is 5.28. The summed E-state index contributed by atoms with van der Waals surface area (Å²) in [6.07, 6.45) is 6.56. The molecule has 0 radical (unpaired) electrons. The number of hydrogen-bond acceptors (Lipinski definition) is 1. The van der Waals surface area contributed by atoms with Crippen LogP contribution in [0, 0.1) is 0 Å². The van der Waals surface area contributed by atoms with Crippen LogP contribution in [0.25, 0.3) is 0 Å². The van der Waals surface area contributed by atoms with E-state index < -0.39 is 0 Å². The molecule has 1 nitrogen and oxygen atoms in total. The van der Waals surface area contributed by atoms with Crippen molar-refractivity contribution in [3.63, 3.8) is 0 Å². The van der Waals surface area contributed by atoms with Crippen LogP contribution in [-0.2, 0) is 6.42 Å². The normalized spacial score (nSPS) is 19.7. The second-order valence-electron chi connectivity index (χ2n) is 4.44. The van der Waals surface area contributed by atoms with Gasteiger partial charge in [-0.1, -0.05) is 19.4 Å². The van der Waals surface area contributed by atoms with Gasteiger partial charge in [0.1, 0.15) is 5.75 Å². The molecule has 0 N–H and O–H groups in total. The number of benzene rings is 1. The highest BCUT2D eigenvalue weighted by Gasteiger charge is 2.19. The molecular formula is C14H20O. The molecule has 0 saturated heterocycles. The van der Waals surface area contributed by atoms with Crippen LogP contribution in [0.1, 0.15) is 49.7 Å². The smallest absolute Gasteiger partial charge is 0.119 e. The first-order valence-electron chi connectivity index (χ1n) is 6.02. The number of methoxy groups -OCH3 is 1. The predicted molar refractivity (Wildman–Crippen MR) is 63.6 cm³/mol. The minimum atomic E-state index is 0.796. The molecule has 0 amide bonds. The molecule has 0 fully saturated rings. The van der Waals surface area contributed by atoms with Crippen LogP contribution in [0.3, 0.4) is 0 Å². The Labute approximate surface area is 92.5 Å². The van der Waals surface area contributed by atoms with Crippen LogP contribution in [0.2, 0.25) is 0 Å². The van der Waals surface area contributed by atoms with E-state index in [1.54, 1.807) is 12.7 Å². The molecule has 0 heterocycles. The fourth-order valence-electron chi connectivity index (χ4n) is 2.67. The summed E-state index contributed by atoms with van der Waals surface area (Å²) in [5.41, 5.74) is 3.09. The topological polar surface area (TPSA) is 9.23 Å². The Morgan fingerprint density at radius 1 is 1.40 bits per heavy atom. The summed E-state index contributed by atoms with van der Waals surface area (Å²) < 4.78 is 5.28. The third-order valence-electron chi connectivity index (χ3n) is 3.43. The van der Waals surface area contributed by atoms with Gasteiger partial charge in [0, 0.05) is 0 Å². The Balaban J connectivity index is 2.28. The van der Waals surface area contributed by atoms with E-state index in [0.29, 0.717) is 0 Å². The van der Waals surface area contributed by atoms with Gasteiger partial charge in [0.05, 0.1) is 7.11 Å². The van der Waals surface area contributed by atoms with Gasteiger partial charge in [-0.25, -0.2) is 0 Å².